The van der Waals surface area contributed by atoms with E-state index in [9.17, 15) is 9.59 Å². The summed E-state index contributed by atoms with van der Waals surface area (Å²) in [7, 11) is 0. The van der Waals surface area contributed by atoms with Gasteiger partial charge in [0.25, 0.3) is 5.91 Å². The molecule has 0 saturated heterocycles. The fourth-order valence-electron chi connectivity index (χ4n) is 2.20. The molecule has 0 unspecified atom stereocenters. The van der Waals surface area contributed by atoms with E-state index < -0.39 is 0 Å². The van der Waals surface area contributed by atoms with Crippen LogP contribution in [-0.4, -0.2) is 31.6 Å². The van der Waals surface area contributed by atoms with Gasteiger partial charge in [-0.05, 0) is 37.5 Å². The van der Waals surface area contributed by atoms with Crippen molar-refractivity contribution in [3.05, 3.63) is 29.3 Å². The number of carbonyl (C=O) groups is 2. The Kier molecular flexibility index (Phi) is 4.98. The molecule has 0 bridgehead atoms. The molecule has 5 nitrogen and oxygen atoms in total. The molecule has 0 radical (unpaired) electrons. The molecule has 0 saturated carbocycles. The van der Waals surface area contributed by atoms with Gasteiger partial charge in [-0.15, -0.1) is 0 Å². The number of hydrogen-bond donors (Lipinski definition) is 2. The predicted octanol–water partition coefficient (Wildman–Crippen LogP) is 1.73. The molecule has 5 heteroatoms. The Bertz CT molecular complexity index is 500. The molecule has 1 aromatic rings. The highest BCUT2D eigenvalue weighted by Crippen LogP contribution is 2.23. The minimum absolute atomic E-state index is 0.106. The third-order valence-electron chi connectivity index (χ3n) is 3.23. The van der Waals surface area contributed by atoms with Gasteiger partial charge in [-0.2, -0.15) is 0 Å². The Balaban J connectivity index is 1.76. The summed E-state index contributed by atoms with van der Waals surface area (Å²) in [6.07, 6.45) is 1.93. The quantitative estimate of drug-likeness (QED) is 0.613. The SMILES string of the molecule is CCOC(=O)CCCNC(=O)c1ccc2c(c1)NCC2. The van der Waals surface area contributed by atoms with Crippen LogP contribution in [-0.2, 0) is 16.0 Å². The first-order valence-corrected chi connectivity index (χ1v) is 7.01. The molecule has 2 rings (SSSR count). The van der Waals surface area contributed by atoms with Gasteiger partial charge in [0.1, 0.15) is 0 Å². The first-order valence-electron chi connectivity index (χ1n) is 7.01. The lowest BCUT2D eigenvalue weighted by atomic mass is 10.1. The first kappa shape index (κ1) is 14.4. The highest BCUT2D eigenvalue weighted by molar-refractivity contribution is 5.95. The van der Waals surface area contributed by atoms with Crippen LogP contribution in [0.1, 0.15) is 35.7 Å². The van der Waals surface area contributed by atoms with Gasteiger partial charge in [-0.25, -0.2) is 0 Å². The van der Waals surface area contributed by atoms with Crippen LogP contribution < -0.4 is 10.6 Å². The zero-order valence-electron chi connectivity index (χ0n) is 11.7. The van der Waals surface area contributed by atoms with Gasteiger partial charge in [0.05, 0.1) is 6.61 Å². The van der Waals surface area contributed by atoms with Gasteiger partial charge < -0.3 is 15.4 Å². The molecule has 108 valence electrons. The van der Waals surface area contributed by atoms with E-state index in [2.05, 4.69) is 10.6 Å². The average Bonchev–Trinajstić information content (AvgIpc) is 2.91. The van der Waals surface area contributed by atoms with E-state index in [0.29, 0.717) is 31.6 Å². The van der Waals surface area contributed by atoms with E-state index in [1.165, 1.54) is 5.56 Å². The third-order valence-corrected chi connectivity index (χ3v) is 3.23. The van der Waals surface area contributed by atoms with E-state index in [-0.39, 0.29) is 11.9 Å². The zero-order chi connectivity index (χ0) is 14.4. The second-order valence-electron chi connectivity index (χ2n) is 4.71. The number of hydrogen-bond acceptors (Lipinski definition) is 4. The van der Waals surface area contributed by atoms with Gasteiger partial charge in [0.15, 0.2) is 0 Å². The summed E-state index contributed by atoms with van der Waals surface area (Å²) in [4.78, 5) is 23.1. The summed E-state index contributed by atoms with van der Waals surface area (Å²) in [5.74, 6) is -0.325. The molecule has 1 aliphatic rings. The lowest BCUT2D eigenvalue weighted by Crippen LogP contribution is -2.25. The Morgan fingerprint density at radius 2 is 2.25 bits per heavy atom. The highest BCUT2D eigenvalue weighted by Gasteiger charge is 2.13. The summed E-state index contributed by atoms with van der Waals surface area (Å²) < 4.78 is 4.82. The maximum Gasteiger partial charge on any atom is 0.305 e. The summed E-state index contributed by atoms with van der Waals surface area (Å²) in [5, 5.41) is 6.06. The zero-order valence-corrected chi connectivity index (χ0v) is 11.7. The summed E-state index contributed by atoms with van der Waals surface area (Å²) in [6.45, 7) is 3.58. The highest BCUT2D eigenvalue weighted by atomic mass is 16.5. The number of nitrogens with one attached hydrogen (secondary N) is 2. The van der Waals surface area contributed by atoms with Crippen LogP contribution in [0.15, 0.2) is 18.2 Å². The van der Waals surface area contributed by atoms with Crippen molar-refractivity contribution in [3.8, 4) is 0 Å². The van der Waals surface area contributed by atoms with Crippen molar-refractivity contribution in [2.45, 2.75) is 26.2 Å². The molecular formula is C15H20N2O3. The molecule has 1 heterocycles. The van der Waals surface area contributed by atoms with Crippen LogP contribution in [0.25, 0.3) is 0 Å². The molecule has 1 aromatic carbocycles. The molecule has 20 heavy (non-hydrogen) atoms. The van der Waals surface area contributed by atoms with E-state index in [4.69, 9.17) is 4.74 Å². The normalized spacial score (nSPS) is 12.4. The second kappa shape index (κ2) is 6.93. The summed E-state index contributed by atoms with van der Waals surface area (Å²) in [5.41, 5.74) is 2.95. The van der Waals surface area contributed by atoms with Gasteiger partial charge >= 0.3 is 5.97 Å². The molecule has 0 aromatic heterocycles. The molecule has 1 aliphatic heterocycles. The fourth-order valence-corrected chi connectivity index (χ4v) is 2.20. The molecular weight excluding hydrogens is 256 g/mol. The van der Waals surface area contributed by atoms with Gasteiger partial charge in [0.2, 0.25) is 0 Å². The smallest absolute Gasteiger partial charge is 0.305 e. The van der Waals surface area contributed by atoms with Crippen LogP contribution in [0.3, 0.4) is 0 Å². The summed E-state index contributed by atoms with van der Waals surface area (Å²) in [6, 6.07) is 5.71. The van der Waals surface area contributed by atoms with Crippen molar-refractivity contribution >= 4 is 17.6 Å². The molecule has 0 spiro atoms. The van der Waals surface area contributed by atoms with Crippen LogP contribution in [0.4, 0.5) is 5.69 Å². The molecule has 0 atom stereocenters. The van der Waals surface area contributed by atoms with Crippen LogP contribution in [0.2, 0.25) is 0 Å². The maximum atomic E-state index is 12.0. The number of carbonyl (C=O) groups excluding carboxylic acids is 2. The average molecular weight is 276 g/mol. The standard InChI is InChI=1S/C15H20N2O3/c1-2-20-14(18)4-3-8-17-15(19)12-6-5-11-7-9-16-13(11)10-12/h5-6,10,16H,2-4,7-9H2,1H3,(H,17,19). The minimum atomic E-state index is -0.219. The van der Waals surface area contributed by atoms with Gasteiger partial charge in [-0.3, -0.25) is 9.59 Å². The van der Waals surface area contributed by atoms with Crippen LogP contribution in [0.5, 0.6) is 0 Å². The number of amides is 1. The number of benzene rings is 1. The number of anilines is 1. The molecule has 1 amide bonds. The van der Waals surface area contributed by atoms with E-state index >= 15 is 0 Å². The van der Waals surface area contributed by atoms with Crippen LogP contribution >= 0.6 is 0 Å². The monoisotopic (exact) mass is 276 g/mol. The number of fused-ring (bicyclic) bond motifs is 1. The lowest BCUT2D eigenvalue weighted by Gasteiger charge is -2.07. The van der Waals surface area contributed by atoms with Gasteiger partial charge in [-0.1, -0.05) is 6.07 Å². The van der Waals surface area contributed by atoms with E-state index in [1.807, 2.05) is 18.2 Å². The fraction of sp³-hybridized carbons (Fsp3) is 0.467. The molecule has 2 N–H and O–H groups in total. The van der Waals surface area contributed by atoms with Crippen molar-refractivity contribution in [2.75, 3.05) is 25.0 Å². The van der Waals surface area contributed by atoms with Crippen molar-refractivity contribution in [2.24, 2.45) is 0 Å². The van der Waals surface area contributed by atoms with E-state index in [0.717, 1.165) is 18.7 Å². The Morgan fingerprint density at radius 1 is 1.40 bits per heavy atom. The number of ether oxygens (including phenoxy) is 1. The Morgan fingerprint density at radius 3 is 3.05 bits per heavy atom. The topological polar surface area (TPSA) is 67.4 Å². The first-order chi connectivity index (χ1) is 9.70. The molecule has 0 fully saturated rings. The van der Waals surface area contributed by atoms with Crippen molar-refractivity contribution in [1.29, 1.82) is 0 Å². The molecule has 0 aliphatic carbocycles. The predicted molar refractivity (Wildman–Crippen MR) is 76.8 cm³/mol. The largest absolute Gasteiger partial charge is 0.466 e. The van der Waals surface area contributed by atoms with Crippen molar-refractivity contribution < 1.29 is 14.3 Å². The lowest BCUT2D eigenvalue weighted by molar-refractivity contribution is -0.143. The van der Waals surface area contributed by atoms with Crippen molar-refractivity contribution in [1.82, 2.24) is 5.32 Å². The second-order valence-corrected chi connectivity index (χ2v) is 4.71. The number of esters is 1. The number of rotatable bonds is 6. The van der Waals surface area contributed by atoms with Crippen molar-refractivity contribution in [3.63, 3.8) is 0 Å². The van der Waals surface area contributed by atoms with Crippen LogP contribution in [0, 0.1) is 0 Å². The van der Waals surface area contributed by atoms with E-state index in [1.54, 1.807) is 6.92 Å². The van der Waals surface area contributed by atoms with Gasteiger partial charge in [0, 0.05) is 30.8 Å². The minimum Gasteiger partial charge on any atom is -0.466 e. The Hall–Kier alpha value is -2.04. The maximum absolute atomic E-state index is 12.0. The third kappa shape index (κ3) is 3.73. The Labute approximate surface area is 118 Å². The summed E-state index contributed by atoms with van der Waals surface area (Å²) >= 11 is 0.